The first-order valence-corrected chi connectivity index (χ1v) is 25.0. The van der Waals surface area contributed by atoms with Crippen LogP contribution in [0.25, 0.3) is 44.5 Å². The fourth-order valence-electron chi connectivity index (χ4n) is 12.4. The molecular weight excluding hydrogens is 809 g/mol. The Labute approximate surface area is 395 Å². The number of benzene rings is 6. The SMILES string of the molecule is C.Cc1cc(-c2cc(C)cc(C)c2OCCCOc2c(C)cc(C)cc2-c2cc(C)cc(-c3c4c(cc5c3CCCC5)CCCC4)c2O)c(O)c(-c2c3c(cc4c2CCCC4)CCCC3)c1. The average molecular weight is 881 g/mol. The minimum atomic E-state index is 0. The van der Waals surface area contributed by atoms with E-state index in [-0.39, 0.29) is 7.43 Å². The smallest absolute Gasteiger partial charge is 0.131 e. The summed E-state index contributed by atoms with van der Waals surface area (Å²) in [5.41, 5.74) is 26.6. The Hall–Kier alpha value is -5.48. The quantitative estimate of drug-likeness (QED) is 0.135. The van der Waals surface area contributed by atoms with E-state index in [1.165, 1.54) is 107 Å². The van der Waals surface area contributed by atoms with E-state index >= 15 is 0 Å². The van der Waals surface area contributed by atoms with Gasteiger partial charge in [-0.2, -0.15) is 0 Å². The third-order valence-electron chi connectivity index (χ3n) is 15.2. The molecule has 0 saturated heterocycles. The maximum atomic E-state index is 12.5. The summed E-state index contributed by atoms with van der Waals surface area (Å²) < 4.78 is 13.5. The lowest BCUT2D eigenvalue weighted by Gasteiger charge is -2.29. The zero-order valence-electron chi connectivity index (χ0n) is 39.9. The maximum Gasteiger partial charge on any atom is 0.131 e. The van der Waals surface area contributed by atoms with Gasteiger partial charge >= 0.3 is 0 Å². The van der Waals surface area contributed by atoms with Crippen LogP contribution in [0.15, 0.2) is 60.7 Å². The molecule has 4 heteroatoms. The summed E-state index contributed by atoms with van der Waals surface area (Å²) in [6, 6.07) is 22.4. The third-order valence-corrected chi connectivity index (χ3v) is 15.2. The van der Waals surface area contributed by atoms with Crippen LogP contribution >= 0.6 is 0 Å². The van der Waals surface area contributed by atoms with Crippen molar-refractivity contribution in [3.05, 3.63) is 139 Å². The van der Waals surface area contributed by atoms with Crippen molar-refractivity contribution in [2.24, 2.45) is 0 Å². The van der Waals surface area contributed by atoms with E-state index in [2.05, 4.69) is 102 Å². The first kappa shape index (κ1) is 45.7. The van der Waals surface area contributed by atoms with Gasteiger partial charge in [0.1, 0.15) is 23.0 Å². The van der Waals surface area contributed by atoms with Crippen molar-refractivity contribution in [1.82, 2.24) is 0 Å². The summed E-state index contributed by atoms with van der Waals surface area (Å²) in [5, 5.41) is 24.9. The van der Waals surface area contributed by atoms with Gasteiger partial charge in [0, 0.05) is 39.8 Å². The minimum absolute atomic E-state index is 0. The molecule has 0 radical (unpaired) electrons. The van der Waals surface area contributed by atoms with Gasteiger partial charge in [0.05, 0.1) is 13.2 Å². The van der Waals surface area contributed by atoms with Crippen molar-refractivity contribution in [3.63, 3.8) is 0 Å². The number of aromatic hydroxyl groups is 2. The molecule has 0 spiro atoms. The Bertz CT molecular complexity index is 2580. The maximum absolute atomic E-state index is 12.5. The second-order valence-corrected chi connectivity index (χ2v) is 20.3. The predicted molar refractivity (Wildman–Crippen MR) is 275 cm³/mol. The molecule has 0 fully saturated rings. The molecular formula is C62H72O4. The van der Waals surface area contributed by atoms with Crippen LogP contribution < -0.4 is 9.47 Å². The highest BCUT2D eigenvalue weighted by Gasteiger charge is 2.29. The van der Waals surface area contributed by atoms with Gasteiger partial charge in [-0.15, -0.1) is 0 Å². The summed E-state index contributed by atoms with van der Waals surface area (Å²) in [6.07, 6.45) is 19.3. The van der Waals surface area contributed by atoms with Crippen molar-refractivity contribution in [3.8, 4) is 67.5 Å². The molecule has 0 unspecified atom stereocenters. The van der Waals surface area contributed by atoms with Crippen molar-refractivity contribution in [1.29, 1.82) is 0 Å². The summed E-state index contributed by atoms with van der Waals surface area (Å²) in [6.45, 7) is 13.7. The zero-order chi connectivity index (χ0) is 44.9. The molecule has 4 aliphatic rings. The monoisotopic (exact) mass is 881 g/mol. The molecule has 0 heterocycles. The van der Waals surface area contributed by atoms with E-state index in [1.807, 2.05) is 0 Å². The van der Waals surface area contributed by atoms with Crippen molar-refractivity contribution in [2.75, 3.05) is 13.2 Å². The van der Waals surface area contributed by atoms with Crippen LogP contribution in [0.3, 0.4) is 0 Å². The topological polar surface area (TPSA) is 58.9 Å². The lowest BCUT2D eigenvalue weighted by Crippen LogP contribution is -2.13. The second-order valence-electron chi connectivity index (χ2n) is 20.3. The molecule has 344 valence electrons. The highest BCUT2D eigenvalue weighted by Crippen LogP contribution is 2.50. The molecule has 0 amide bonds. The van der Waals surface area contributed by atoms with E-state index in [0.29, 0.717) is 31.1 Å². The lowest BCUT2D eigenvalue weighted by molar-refractivity contribution is 0.247. The Morgan fingerprint density at radius 2 is 0.652 bits per heavy atom. The molecule has 0 aromatic heterocycles. The molecule has 0 aliphatic heterocycles. The van der Waals surface area contributed by atoms with Crippen molar-refractivity contribution >= 4 is 0 Å². The molecule has 10 rings (SSSR count). The number of aryl methyl sites for hydroxylation is 10. The number of ether oxygens (including phenoxy) is 2. The van der Waals surface area contributed by atoms with Gasteiger partial charge in [0.15, 0.2) is 0 Å². The Morgan fingerprint density at radius 3 is 1.00 bits per heavy atom. The van der Waals surface area contributed by atoms with Crippen LogP contribution in [-0.2, 0) is 51.4 Å². The summed E-state index contributed by atoms with van der Waals surface area (Å²) in [4.78, 5) is 0. The molecule has 0 atom stereocenters. The van der Waals surface area contributed by atoms with Crippen molar-refractivity contribution < 1.29 is 19.7 Å². The fraction of sp³-hybridized carbons (Fsp3) is 0.419. The molecule has 66 heavy (non-hydrogen) atoms. The number of hydrogen-bond donors (Lipinski definition) is 2. The molecule has 4 nitrogen and oxygen atoms in total. The molecule has 2 N–H and O–H groups in total. The predicted octanol–water partition coefficient (Wildman–Crippen LogP) is 15.6. The minimum Gasteiger partial charge on any atom is -0.507 e. The lowest BCUT2D eigenvalue weighted by atomic mass is 9.76. The van der Waals surface area contributed by atoms with E-state index < -0.39 is 0 Å². The number of fused-ring (bicyclic) bond motifs is 4. The highest BCUT2D eigenvalue weighted by atomic mass is 16.5. The summed E-state index contributed by atoms with van der Waals surface area (Å²) in [5.74, 6) is 2.35. The van der Waals surface area contributed by atoms with Gasteiger partial charge in [-0.1, -0.05) is 31.7 Å². The number of phenols is 2. The van der Waals surface area contributed by atoms with E-state index in [0.717, 1.165) is 130 Å². The Balaban J connectivity index is 0.00000548. The first-order valence-electron chi connectivity index (χ1n) is 25.0. The normalized spacial score (nSPS) is 15.2. The molecule has 6 aromatic carbocycles. The molecule has 0 bridgehead atoms. The van der Waals surface area contributed by atoms with Gasteiger partial charge in [-0.3, -0.25) is 0 Å². The standard InChI is InChI=1S/C61H68O4.CH4/c1-36-26-40(5)60(52(30-36)50-28-38(3)32-54(58(50)62)56-46-20-11-7-16-42(46)34-43-17-8-12-21-47(43)56)64-24-15-25-65-61-41(6)27-37(2)31-53(61)51-29-39(4)33-55(59(51)63)57-48-22-13-9-18-44(48)35-45-19-10-14-23-49(45)57;/h26-35,62-63H,7-25H2,1-6H3;1H4. The van der Waals surface area contributed by atoms with Gasteiger partial charge < -0.3 is 19.7 Å². The van der Waals surface area contributed by atoms with Gasteiger partial charge in [-0.25, -0.2) is 0 Å². The van der Waals surface area contributed by atoms with E-state index in [1.54, 1.807) is 0 Å². The summed E-state index contributed by atoms with van der Waals surface area (Å²) in [7, 11) is 0. The van der Waals surface area contributed by atoms with Gasteiger partial charge in [0.25, 0.3) is 0 Å². The van der Waals surface area contributed by atoms with Crippen LogP contribution in [0.1, 0.15) is 143 Å². The molecule has 4 aliphatic carbocycles. The average Bonchev–Trinajstić information content (AvgIpc) is 3.29. The van der Waals surface area contributed by atoms with Crippen LogP contribution in [0.2, 0.25) is 0 Å². The molecule has 6 aromatic rings. The zero-order valence-corrected chi connectivity index (χ0v) is 39.9. The molecule has 0 saturated carbocycles. The van der Waals surface area contributed by atoms with Crippen LogP contribution in [0.5, 0.6) is 23.0 Å². The second kappa shape index (κ2) is 19.0. The Kier molecular flexibility index (Phi) is 13.2. The summed E-state index contributed by atoms with van der Waals surface area (Å²) >= 11 is 0. The van der Waals surface area contributed by atoms with E-state index in [9.17, 15) is 10.2 Å². The fourth-order valence-corrected chi connectivity index (χ4v) is 12.4. The van der Waals surface area contributed by atoms with Gasteiger partial charge in [0.2, 0.25) is 0 Å². The number of phenolic OH excluding ortho intramolecular Hbond substituents is 2. The van der Waals surface area contributed by atoms with E-state index in [4.69, 9.17) is 9.47 Å². The third kappa shape index (κ3) is 8.55. The number of hydrogen-bond acceptors (Lipinski definition) is 4. The highest BCUT2D eigenvalue weighted by molar-refractivity contribution is 5.90. The van der Waals surface area contributed by atoms with Crippen LogP contribution in [0, 0.1) is 41.5 Å². The Morgan fingerprint density at radius 1 is 0.364 bits per heavy atom. The first-order chi connectivity index (χ1) is 31.5. The van der Waals surface area contributed by atoms with Gasteiger partial charge in [-0.05, 0) is 270 Å². The largest absolute Gasteiger partial charge is 0.507 e. The van der Waals surface area contributed by atoms with Crippen LogP contribution in [0.4, 0.5) is 0 Å². The van der Waals surface area contributed by atoms with Crippen LogP contribution in [-0.4, -0.2) is 23.4 Å². The van der Waals surface area contributed by atoms with Crippen molar-refractivity contribution in [2.45, 2.75) is 158 Å². The number of rotatable bonds is 10.